The molecule has 0 fully saturated rings. The highest BCUT2D eigenvalue weighted by Crippen LogP contribution is 2.23. The molecule has 2 aromatic rings. The molecular weight excluding hydrogens is 240 g/mol. The number of aromatic nitrogens is 1. The van der Waals surface area contributed by atoms with E-state index in [4.69, 9.17) is 5.11 Å². The van der Waals surface area contributed by atoms with Crippen molar-refractivity contribution in [2.24, 2.45) is 0 Å². The average molecular weight is 254 g/mol. The third kappa shape index (κ3) is 2.42. The van der Waals surface area contributed by atoms with Gasteiger partial charge in [-0.2, -0.15) is 0 Å². The van der Waals surface area contributed by atoms with Crippen LogP contribution in [0.5, 0.6) is 0 Å². The van der Waals surface area contributed by atoms with Gasteiger partial charge in [-0.1, -0.05) is 24.3 Å². The van der Waals surface area contributed by atoms with Crippen molar-refractivity contribution in [1.29, 1.82) is 0 Å². The number of hydrogen-bond acceptors (Lipinski definition) is 3. The lowest BCUT2D eigenvalue weighted by Crippen LogP contribution is -2.20. The van der Waals surface area contributed by atoms with Crippen LogP contribution >= 0.6 is 0 Å². The summed E-state index contributed by atoms with van der Waals surface area (Å²) < 4.78 is 0. The van der Waals surface area contributed by atoms with Crippen LogP contribution in [-0.4, -0.2) is 22.1 Å². The molecule has 0 amide bonds. The van der Waals surface area contributed by atoms with Crippen LogP contribution in [0.4, 0.5) is 5.82 Å². The molecule has 1 aromatic carbocycles. The van der Waals surface area contributed by atoms with Crippen molar-refractivity contribution in [3.63, 3.8) is 0 Å². The van der Waals surface area contributed by atoms with Gasteiger partial charge < -0.3 is 10.4 Å². The summed E-state index contributed by atoms with van der Waals surface area (Å²) in [6.07, 6.45) is 3.35. The Morgan fingerprint density at radius 1 is 1.16 bits per heavy atom. The summed E-state index contributed by atoms with van der Waals surface area (Å²) in [6, 6.07) is 12.0. The van der Waals surface area contributed by atoms with Gasteiger partial charge in [-0.15, -0.1) is 0 Å². The molecule has 0 atom stereocenters. The Kier molecular flexibility index (Phi) is 2.91. The zero-order valence-electron chi connectivity index (χ0n) is 10.3. The summed E-state index contributed by atoms with van der Waals surface area (Å²) in [6.45, 7) is 0. The molecule has 0 saturated carbocycles. The predicted molar refractivity (Wildman–Crippen MR) is 72.5 cm³/mol. The molecule has 1 aliphatic carbocycles. The van der Waals surface area contributed by atoms with Gasteiger partial charge in [0, 0.05) is 12.2 Å². The molecule has 0 bridgehead atoms. The van der Waals surface area contributed by atoms with Crippen molar-refractivity contribution in [3.05, 3.63) is 59.3 Å². The summed E-state index contributed by atoms with van der Waals surface area (Å²) in [5.74, 6) is -0.227. The summed E-state index contributed by atoms with van der Waals surface area (Å²) in [4.78, 5) is 14.9. The quantitative estimate of drug-likeness (QED) is 0.882. The third-order valence-corrected chi connectivity index (χ3v) is 3.41. The molecule has 1 heterocycles. The number of nitrogens with zero attached hydrogens (tertiary/aromatic N) is 1. The van der Waals surface area contributed by atoms with Crippen molar-refractivity contribution in [2.45, 2.75) is 18.9 Å². The van der Waals surface area contributed by atoms with E-state index in [1.165, 1.54) is 17.3 Å². The third-order valence-electron chi connectivity index (χ3n) is 3.41. The van der Waals surface area contributed by atoms with Crippen LogP contribution in [0.3, 0.4) is 0 Å². The second-order valence-corrected chi connectivity index (χ2v) is 4.76. The number of fused-ring (bicyclic) bond motifs is 1. The highest BCUT2D eigenvalue weighted by molar-refractivity contribution is 5.87. The minimum absolute atomic E-state index is 0.209. The number of aromatic carboxylic acids is 1. The molecule has 1 aliphatic rings. The van der Waals surface area contributed by atoms with Crippen LogP contribution in [0.1, 0.15) is 21.5 Å². The average Bonchev–Trinajstić information content (AvgIpc) is 2.81. The van der Waals surface area contributed by atoms with Crippen molar-refractivity contribution < 1.29 is 9.90 Å². The molecule has 0 unspecified atom stereocenters. The standard InChI is InChI=1S/C15H14N2O2/c18-15(19)12-5-6-14(16-9-12)17-13-7-10-3-1-2-4-11(10)8-13/h1-6,9,13H,7-8H2,(H,16,17)(H,18,19). The normalized spacial score (nSPS) is 14.1. The van der Waals surface area contributed by atoms with E-state index in [1.54, 1.807) is 12.1 Å². The molecule has 0 saturated heterocycles. The maximum absolute atomic E-state index is 10.7. The summed E-state index contributed by atoms with van der Waals surface area (Å²) >= 11 is 0. The molecule has 3 rings (SSSR count). The van der Waals surface area contributed by atoms with Crippen molar-refractivity contribution in [1.82, 2.24) is 4.98 Å². The summed E-state index contributed by atoms with van der Waals surface area (Å²) in [5.41, 5.74) is 2.96. The first-order valence-corrected chi connectivity index (χ1v) is 6.25. The molecule has 0 radical (unpaired) electrons. The maximum atomic E-state index is 10.7. The Labute approximate surface area is 111 Å². The summed E-state index contributed by atoms with van der Waals surface area (Å²) in [5, 5.41) is 12.2. The number of carbonyl (C=O) groups is 1. The van der Waals surface area contributed by atoms with Gasteiger partial charge in [-0.3, -0.25) is 0 Å². The van der Waals surface area contributed by atoms with Crippen LogP contribution < -0.4 is 5.32 Å². The monoisotopic (exact) mass is 254 g/mol. The lowest BCUT2D eigenvalue weighted by Gasteiger charge is -2.12. The zero-order valence-corrected chi connectivity index (χ0v) is 10.3. The lowest BCUT2D eigenvalue weighted by atomic mass is 10.1. The van der Waals surface area contributed by atoms with Crippen molar-refractivity contribution in [3.8, 4) is 0 Å². The predicted octanol–water partition coefficient (Wildman–Crippen LogP) is 2.36. The highest BCUT2D eigenvalue weighted by Gasteiger charge is 2.20. The van der Waals surface area contributed by atoms with E-state index in [0.29, 0.717) is 6.04 Å². The molecule has 96 valence electrons. The fraction of sp³-hybridized carbons (Fsp3) is 0.200. The molecule has 2 N–H and O–H groups in total. The molecule has 4 heteroatoms. The van der Waals surface area contributed by atoms with Crippen LogP contribution in [0.2, 0.25) is 0 Å². The second kappa shape index (κ2) is 4.72. The second-order valence-electron chi connectivity index (χ2n) is 4.76. The molecule has 4 nitrogen and oxygen atoms in total. The number of anilines is 1. The van der Waals surface area contributed by atoms with Crippen LogP contribution in [0, 0.1) is 0 Å². The molecule has 0 aliphatic heterocycles. The van der Waals surface area contributed by atoms with Gasteiger partial charge in [0.05, 0.1) is 5.56 Å². The van der Waals surface area contributed by atoms with Gasteiger partial charge in [0.25, 0.3) is 0 Å². The van der Waals surface area contributed by atoms with E-state index in [-0.39, 0.29) is 5.56 Å². The fourth-order valence-corrected chi connectivity index (χ4v) is 2.48. The van der Waals surface area contributed by atoms with E-state index < -0.39 is 5.97 Å². The summed E-state index contributed by atoms with van der Waals surface area (Å²) in [7, 11) is 0. The largest absolute Gasteiger partial charge is 0.478 e. The Morgan fingerprint density at radius 2 is 1.84 bits per heavy atom. The van der Waals surface area contributed by atoms with Crippen molar-refractivity contribution in [2.75, 3.05) is 5.32 Å². The molecule has 19 heavy (non-hydrogen) atoms. The number of nitrogens with one attached hydrogen (secondary N) is 1. The minimum Gasteiger partial charge on any atom is -0.478 e. The van der Waals surface area contributed by atoms with Gasteiger partial charge in [-0.05, 0) is 36.1 Å². The lowest BCUT2D eigenvalue weighted by molar-refractivity contribution is 0.0696. The Bertz CT molecular complexity index is 583. The topological polar surface area (TPSA) is 62.2 Å². The van der Waals surface area contributed by atoms with E-state index in [1.807, 2.05) is 0 Å². The maximum Gasteiger partial charge on any atom is 0.337 e. The number of carboxylic acids is 1. The van der Waals surface area contributed by atoms with Crippen LogP contribution in [0.25, 0.3) is 0 Å². The number of rotatable bonds is 3. The number of hydrogen-bond donors (Lipinski definition) is 2. The SMILES string of the molecule is O=C(O)c1ccc(NC2Cc3ccccc3C2)nc1. The number of pyridine rings is 1. The first-order valence-electron chi connectivity index (χ1n) is 6.25. The molecule has 0 spiro atoms. The molecule has 1 aromatic heterocycles. The number of carboxylic acid groups (broad SMARTS) is 1. The Balaban J connectivity index is 1.69. The molecular formula is C15H14N2O2. The zero-order chi connectivity index (χ0) is 13.2. The van der Waals surface area contributed by atoms with Crippen molar-refractivity contribution >= 4 is 11.8 Å². The first-order chi connectivity index (χ1) is 9.22. The van der Waals surface area contributed by atoms with Gasteiger partial charge >= 0.3 is 5.97 Å². The van der Waals surface area contributed by atoms with E-state index in [0.717, 1.165) is 18.7 Å². The minimum atomic E-state index is -0.952. The van der Waals surface area contributed by atoms with Gasteiger partial charge in [-0.25, -0.2) is 9.78 Å². The van der Waals surface area contributed by atoms with Crippen LogP contribution in [-0.2, 0) is 12.8 Å². The Morgan fingerprint density at radius 3 is 2.37 bits per heavy atom. The van der Waals surface area contributed by atoms with Gasteiger partial charge in [0.15, 0.2) is 0 Å². The smallest absolute Gasteiger partial charge is 0.337 e. The number of benzene rings is 1. The van der Waals surface area contributed by atoms with Crippen LogP contribution in [0.15, 0.2) is 42.6 Å². The van der Waals surface area contributed by atoms with Gasteiger partial charge in [0.1, 0.15) is 5.82 Å². The van der Waals surface area contributed by atoms with E-state index in [9.17, 15) is 4.79 Å². The van der Waals surface area contributed by atoms with Gasteiger partial charge in [0.2, 0.25) is 0 Å². The highest BCUT2D eigenvalue weighted by atomic mass is 16.4. The fourth-order valence-electron chi connectivity index (χ4n) is 2.48. The Hall–Kier alpha value is -2.36. The van der Waals surface area contributed by atoms with E-state index in [2.05, 4.69) is 34.6 Å². The van der Waals surface area contributed by atoms with E-state index >= 15 is 0 Å². The first kappa shape index (κ1) is 11.7.